The molecule has 0 bridgehead atoms. The van der Waals surface area contributed by atoms with Crippen molar-refractivity contribution in [2.24, 2.45) is 0 Å². The van der Waals surface area contributed by atoms with Crippen molar-refractivity contribution in [3.8, 4) is 0 Å². The van der Waals surface area contributed by atoms with E-state index in [1.165, 1.54) is 17.9 Å². The lowest BCUT2D eigenvalue weighted by atomic mass is 10.5. The number of ether oxygens (including phenoxy) is 1. The molecule has 0 radical (unpaired) electrons. The number of esters is 1. The van der Waals surface area contributed by atoms with Gasteiger partial charge in [-0.05, 0) is 6.92 Å². The number of hydrogen-bond acceptors (Lipinski definition) is 3. The summed E-state index contributed by atoms with van der Waals surface area (Å²) in [5, 5.41) is 2.71. The van der Waals surface area contributed by atoms with Gasteiger partial charge < -0.3 is 4.74 Å². The molecule has 1 N–H and O–H groups in total. The summed E-state index contributed by atoms with van der Waals surface area (Å²) >= 11 is 0. The van der Waals surface area contributed by atoms with Gasteiger partial charge in [0, 0.05) is 11.8 Å². The van der Waals surface area contributed by atoms with Crippen LogP contribution in [0, 0.1) is 6.92 Å². The zero-order valence-corrected chi connectivity index (χ0v) is 6.96. The number of carbonyl (C=O) groups excluding carboxylic acids is 1. The van der Waals surface area contributed by atoms with Gasteiger partial charge >= 0.3 is 5.97 Å². The Balaban J connectivity index is 2.82. The largest absolute Gasteiger partial charge is 0.468 e. The number of aromatic amines is 1. The second kappa shape index (κ2) is 3.25. The molecule has 1 heterocycles. The SMILES string of the molecule is COC(=O)Cn1[nH]c(C)cc1=O. The van der Waals surface area contributed by atoms with Crippen LogP contribution in [0.15, 0.2) is 10.9 Å². The zero-order chi connectivity index (χ0) is 9.14. The molecule has 12 heavy (non-hydrogen) atoms. The fourth-order valence-electron chi connectivity index (χ4n) is 0.874. The number of nitrogens with zero attached hydrogens (tertiary/aromatic N) is 1. The molecule has 0 amide bonds. The monoisotopic (exact) mass is 170 g/mol. The molecule has 5 nitrogen and oxygen atoms in total. The number of rotatable bonds is 2. The number of methoxy groups -OCH3 is 1. The Morgan fingerprint density at radius 1 is 1.75 bits per heavy atom. The Morgan fingerprint density at radius 3 is 2.83 bits per heavy atom. The summed E-state index contributed by atoms with van der Waals surface area (Å²) in [5.74, 6) is -0.445. The normalized spacial score (nSPS) is 9.83. The first-order chi connectivity index (χ1) is 5.63. The Kier molecular flexibility index (Phi) is 2.32. The lowest BCUT2D eigenvalue weighted by Gasteiger charge is -1.98. The van der Waals surface area contributed by atoms with Crippen molar-refractivity contribution < 1.29 is 9.53 Å². The number of H-pyrrole nitrogens is 1. The van der Waals surface area contributed by atoms with Crippen LogP contribution in [-0.2, 0) is 16.1 Å². The van der Waals surface area contributed by atoms with Crippen LogP contribution in [0.3, 0.4) is 0 Å². The quantitative estimate of drug-likeness (QED) is 0.617. The first-order valence-electron chi connectivity index (χ1n) is 3.46. The van der Waals surface area contributed by atoms with Gasteiger partial charge in [0.1, 0.15) is 6.54 Å². The van der Waals surface area contributed by atoms with Gasteiger partial charge in [0.25, 0.3) is 5.56 Å². The lowest BCUT2D eigenvalue weighted by molar-refractivity contribution is -0.141. The molecule has 0 atom stereocenters. The summed E-state index contributed by atoms with van der Waals surface area (Å²) in [7, 11) is 1.28. The molecule has 0 aliphatic rings. The Labute approximate surface area is 68.9 Å². The van der Waals surface area contributed by atoms with Crippen LogP contribution >= 0.6 is 0 Å². The molecule has 66 valence electrons. The van der Waals surface area contributed by atoms with Crippen molar-refractivity contribution in [1.82, 2.24) is 9.78 Å². The summed E-state index contributed by atoms with van der Waals surface area (Å²) in [4.78, 5) is 21.8. The minimum atomic E-state index is -0.445. The van der Waals surface area contributed by atoms with E-state index in [2.05, 4.69) is 9.84 Å². The lowest BCUT2D eigenvalue weighted by Crippen LogP contribution is -2.22. The van der Waals surface area contributed by atoms with E-state index >= 15 is 0 Å². The summed E-state index contributed by atoms with van der Waals surface area (Å²) in [6.07, 6.45) is 0. The van der Waals surface area contributed by atoms with Gasteiger partial charge in [-0.2, -0.15) is 0 Å². The Morgan fingerprint density at radius 2 is 2.42 bits per heavy atom. The van der Waals surface area contributed by atoms with E-state index in [1.807, 2.05) is 0 Å². The summed E-state index contributed by atoms with van der Waals surface area (Å²) in [6.45, 7) is 1.68. The third kappa shape index (κ3) is 1.75. The van der Waals surface area contributed by atoms with E-state index in [-0.39, 0.29) is 12.1 Å². The average molecular weight is 170 g/mol. The molecule has 0 aliphatic heterocycles. The highest BCUT2D eigenvalue weighted by Gasteiger charge is 2.04. The highest BCUT2D eigenvalue weighted by molar-refractivity contribution is 5.68. The Hall–Kier alpha value is -1.52. The van der Waals surface area contributed by atoms with E-state index in [1.54, 1.807) is 6.92 Å². The highest BCUT2D eigenvalue weighted by atomic mass is 16.5. The predicted molar refractivity (Wildman–Crippen MR) is 41.8 cm³/mol. The molecular formula is C7H10N2O3. The van der Waals surface area contributed by atoms with Crippen LogP contribution < -0.4 is 5.56 Å². The predicted octanol–water partition coefficient (Wildman–Crippen LogP) is -0.342. The maximum Gasteiger partial charge on any atom is 0.327 e. The van der Waals surface area contributed by atoms with Crippen molar-refractivity contribution in [2.45, 2.75) is 13.5 Å². The second-order valence-electron chi connectivity index (χ2n) is 2.44. The minimum absolute atomic E-state index is 0.0663. The topological polar surface area (TPSA) is 64.1 Å². The number of aromatic nitrogens is 2. The number of nitrogens with one attached hydrogen (secondary N) is 1. The van der Waals surface area contributed by atoms with Gasteiger partial charge in [-0.15, -0.1) is 0 Å². The molecule has 0 spiro atoms. The molecule has 0 aliphatic carbocycles. The summed E-state index contributed by atoms with van der Waals surface area (Å²) < 4.78 is 5.60. The highest BCUT2D eigenvalue weighted by Crippen LogP contribution is 1.86. The standard InChI is InChI=1S/C7H10N2O3/c1-5-3-6(10)9(8-5)4-7(11)12-2/h3,8H,4H2,1-2H3. The maximum absolute atomic E-state index is 11.0. The van der Waals surface area contributed by atoms with Crippen LogP contribution in [0.25, 0.3) is 0 Å². The summed E-state index contributed by atoms with van der Waals surface area (Å²) in [5.41, 5.74) is 0.502. The van der Waals surface area contributed by atoms with Crippen molar-refractivity contribution in [1.29, 1.82) is 0 Å². The fourth-order valence-corrected chi connectivity index (χ4v) is 0.874. The third-order valence-electron chi connectivity index (χ3n) is 1.43. The molecule has 0 saturated carbocycles. The molecule has 1 aromatic heterocycles. The number of aryl methyl sites for hydroxylation is 1. The van der Waals surface area contributed by atoms with Gasteiger partial charge in [-0.25, -0.2) is 4.68 Å². The number of hydrogen-bond donors (Lipinski definition) is 1. The van der Waals surface area contributed by atoms with Crippen LogP contribution in [0.2, 0.25) is 0 Å². The van der Waals surface area contributed by atoms with E-state index in [0.29, 0.717) is 0 Å². The third-order valence-corrected chi connectivity index (χ3v) is 1.43. The first kappa shape index (κ1) is 8.58. The smallest absolute Gasteiger partial charge is 0.327 e. The molecule has 1 aromatic rings. The molecule has 5 heteroatoms. The fraction of sp³-hybridized carbons (Fsp3) is 0.429. The van der Waals surface area contributed by atoms with Gasteiger partial charge in [-0.1, -0.05) is 0 Å². The van der Waals surface area contributed by atoms with Crippen molar-refractivity contribution in [3.05, 3.63) is 22.1 Å². The van der Waals surface area contributed by atoms with Crippen LogP contribution in [-0.4, -0.2) is 22.9 Å². The Bertz CT molecular complexity index is 337. The molecular weight excluding hydrogens is 160 g/mol. The average Bonchev–Trinajstić information content (AvgIpc) is 2.30. The van der Waals surface area contributed by atoms with Gasteiger partial charge in [0.05, 0.1) is 7.11 Å². The van der Waals surface area contributed by atoms with Gasteiger partial charge in [0.15, 0.2) is 0 Å². The molecule has 0 unspecified atom stereocenters. The second-order valence-corrected chi connectivity index (χ2v) is 2.44. The van der Waals surface area contributed by atoms with E-state index in [9.17, 15) is 9.59 Å². The molecule has 0 fully saturated rings. The van der Waals surface area contributed by atoms with E-state index < -0.39 is 5.97 Å². The molecule has 1 rings (SSSR count). The molecule has 0 aromatic carbocycles. The summed E-state index contributed by atoms with van der Waals surface area (Å²) in [6, 6.07) is 1.42. The van der Waals surface area contributed by atoms with Crippen molar-refractivity contribution >= 4 is 5.97 Å². The maximum atomic E-state index is 11.0. The van der Waals surface area contributed by atoms with Crippen molar-refractivity contribution in [3.63, 3.8) is 0 Å². The first-order valence-corrected chi connectivity index (χ1v) is 3.46. The molecule has 0 saturated heterocycles. The zero-order valence-electron chi connectivity index (χ0n) is 6.96. The number of carbonyl (C=O) groups is 1. The van der Waals surface area contributed by atoms with E-state index in [0.717, 1.165) is 5.69 Å². The minimum Gasteiger partial charge on any atom is -0.468 e. The van der Waals surface area contributed by atoms with Gasteiger partial charge in [0.2, 0.25) is 0 Å². The van der Waals surface area contributed by atoms with E-state index in [4.69, 9.17) is 0 Å². The van der Waals surface area contributed by atoms with Crippen molar-refractivity contribution in [2.75, 3.05) is 7.11 Å². The van der Waals surface area contributed by atoms with Crippen LogP contribution in [0.1, 0.15) is 5.69 Å². The van der Waals surface area contributed by atoms with Crippen LogP contribution in [0.4, 0.5) is 0 Å². The van der Waals surface area contributed by atoms with Crippen LogP contribution in [0.5, 0.6) is 0 Å². The van der Waals surface area contributed by atoms with Gasteiger partial charge in [-0.3, -0.25) is 14.7 Å².